The first-order valence-corrected chi connectivity index (χ1v) is 16.1. The van der Waals surface area contributed by atoms with Crippen LogP contribution in [0.5, 0.6) is 0 Å². The van der Waals surface area contributed by atoms with Crippen LogP contribution in [0.15, 0.2) is 109 Å². The first-order valence-electron chi connectivity index (χ1n) is 16.1. The Balaban J connectivity index is 1.23. The van der Waals surface area contributed by atoms with Crippen molar-refractivity contribution in [2.24, 2.45) is 0 Å². The molecule has 2 aromatic rings. The molecule has 0 unspecified atom stereocenters. The van der Waals surface area contributed by atoms with Crippen LogP contribution < -0.4 is 0 Å². The Morgan fingerprint density at radius 1 is 0.721 bits per heavy atom. The maximum absolute atomic E-state index is 12.2. The van der Waals surface area contributed by atoms with Gasteiger partial charge in [-0.05, 0) is 87.1 Å². The second kappa shape index (κ2) is 21.1. The highest BCUT2D eigenvalue weighted by atomic mass is 16.5. The van der Waals surface area contributed by atoms with Gasteiger partial charge in [-0.3, -0.25) is 9.69 Å². The number of esters is 1. The summed E-state index contributed by atoms with van der Waals surface area (Å²) in [5, 5.41) is 0. The predicted molar refractivity (Wildman–Crippen MR) is 185 cm³/mol. The second-order valence-electron chi connectivity index (χ2n) is 11.1. The highest BCUT2D eigenvalue weighted by Gasteiger charge is 2.21. The lowest BCUT2D eigenvalue weighted by atomic mass is 9.84. The maximum atomic E-state index is 12.2. The molecular formula is C40H51NO2. The van der Waals surface area contributed by atoms with Crippen molar-refractivity contribution in [3.05, 3.63) is 132 Å². The smallest absolute Gasteiger partial charge is 0.307 e. The Hall–Kier alpha value is -3.69. The Morgan fingerprint density at radius 2 is 1.23 bits per heavy atom. The number of carbonyl (C=O) groups is 1. The van der Waals surface area contributed by atoms with Crippen molar-refractivity contribution in [1.82, 2.24) is 4.90 Å². The van der Waals surface area contributed by atoms with E-state index < -0.39 is 0 Å². The van der Waals surface area contributed by atoms with Gasteiger partial charge in [-0.1, -0.05) is 128 Å². The van der Waals surface area contributed by atoms with Crippen LogP contribution in [-0.4, -0.2) is 31.2 Å². The zero-order valence-electron chi connectivity index (χ0n) is 26.4. The number of allylic oxidation sites excluding steroid dienone is 10. The zero-order chi connectivity index (χ0) is 30.4. The summed E-state index contributed by atoms with van der Waals surface area (Å²) < 4.78 is 5.54. The molecule has 0 radical (unpaired) electrons. The Kier molecular flexibility index (Phi) is 16.6. The summed E-state index contributed by atoms with van der Waals surface area (Å²) in [6.07, 6.45) is 35.8. The van der Waals surface area contributed by atoms with Gasteiger partial charge in [0.2, 0.25) is 0 Å². The van der Waals surface area contributed by atoms with Gasteiger partial charge in [0, 0.05) is 18.9 Å². The Bertz CT molecular complexity index is 1210. The fourth-order valence-corrected chi connectivity index (χ4v) is 5.24. The molecule has 1 aliphatic carbocycles. The van der Waals surface area contributed by atoms with Crippen LogP contribution in [0.4, 0.5) is 0 Å². The van der Waals surface area contributed by atoms with E-state index in [0.29, 0.717) is 19.1 Å². The molecule has 0 atom stereocenters. The Morgan fingerprint density at radius 3 is 1.79 bits per heavy atom. The number of nitrogens with zero attached hydrogens (tertiary/aromatic N) is 1. The van der Waals surface area contributed by atoms with Gasteiger partial charge < -0.3 is 4.74 Å². The van der Waals surface area contributed by atoms with Gasteiger partial charge in [0.25, 0.3) is 0 Å². The molecule has 0 aromatic heterocycles. The molecule has 0 aliphatic heterocycles. The second-order valence-corrected chi connectivity index (χ2v) is 11.1. The molecule has 3 rings (SSSR count). The summed E-state index contributed by atoms with van der Waals surface area (Å²) in [5.41, 5.74) is 5.39. The van der Waals surface area contributed by atoms with Crippen molar-refractivity contribution < 1.29 is 9.53 Å². The Labute approximate surface area is 261 Å². The minimum atomic E-state index is -0.114. The number of rotatable bonds is 19. The molecule has 0 saturated carbocycles. The summed E-state index contributed by atoms with van der Waals surface area (Å²) in [5.74, 6) is 0.256. The van der Waals surface area contributed by atoms with E-state index >= 15 is 0 Å². The van der Waals surface area contributed by atoms with Crippen LogP contribution in [0.25, 0.3) is 12.2 Å². The van der Waals surface area contributed by atoms with Gasteiger partial charge in [0.05, 0.1) is 0 Å². The normalized spacial score (nSPS) is 13.7. The average molecular weight is 578 g/mol. The number of ether oxygens (including phenoxy) is 1. The molecule has 3 heteroatoms. The lowest BCUT2D eigenvalue weighted by molar-refractivity contribution is -0.148. The predicted octanol–water partition coefficient (Wildman–Crippen LogP) is 10.4. The van der Waals surface area contributed by atoms with E-state index in [4.69, 9.17) is 4.74 Å². The largest absolute Gasteiger partial charge is 0.449 e. The van der Waals surface area contributed by atoms with E-state index in [1.807, 2.05) is 7.05 Å². The van der Waals surface area contributed by atoms with Crippen molar-refractivity contribution in [2.45, 2.75) is 77.0 Å². The van der Waals surface area contributed by atoms with Crippen LogP contribution in [-0.2, 0) is 9.53 Å². The molecule has 0 amide bonds. The van der Waals surface area contributed by atoms with Crippen LogP contribution in [0.3, 0.4) is 0 Å². The summed E-state index contributed by atoms with van der Waals surface area (Å²) in [7, 11) is 2.03. The number of hydrogen-bond acceptors (Lipinski definition) is 3. The van der Waals surface area contributed by atoms with Gasteiger partial charge in [-0.2, -0.15) is 0 Å². The summed E-state index contributed by atoms with van der Waals surface area (Å²) in [4.78, 5) is 14.3. The third-order valence-corrected chi connectivity index (χ3v) is 7.57. The molecule has 0 heterocycles. The van der Waals surface area contributed by atoms with Crippen molar-refractivity contribution >= 4 is 18.1 Å². The number of fused-ring (bicyclic) bond motifs is 2. The minimum absolute atomic E-state index is 0.114. The van der Waals surface area contributed by atoms with E-state index in [2.05, 4.69) is 133 Å². The van der Waals surface area contributed by atoms with Crippen molar-refractivity contribution in [3.63, 3.8) is 0 Å². The number of benzene rings is 2. The first kappa shape index (κ1) is 33.8. The van der Waals surface area contributed by atoms with Gasteiger partial charge in [-0.25, -0.2) is 0 Å². The molecule has 0 spiro atoms. The van der Waals surface area contributed by atoms with E-state index in [0.717, 1.165) is 64.3 Å². The number of carbonyl (C=O) groups excluding carboxylic acids is 1. The average Bonchev–Trinajstić information content (AvgIpc) is 3.18. The lowest BCUT2D eigenvalue weighted by Crippen LogP contribution is -2.25. The minimum Gasteiger partial charge on any atom is -0.449 e. The fraction of sp³-hybridized carbons (Fsp3) is 0.375. The highest BCUT2D eigenvalue weighted by Crippen LogP contribution is 2.37. The molecule has 0 fully saturated rings. The van der Waals surface area contributed by atoms with Crippen LogP contribution in [0.1, 0.15) is 99.3 Å². The van der Waals surface area contributed by atoms with Crippen LogP contribution >= 0.6 is 0 Å². The van der Waals surface area contributed by atoms with E-state index in [1.165, 1.54) is 22.3 Å². The standard InChI is InChI=1S/C40H51NO2/c1-3-4-5-6-7-8-9-10-11-12-13-14-15-16-17-18-19-30-40(42)43-34-41(2)33-24-29-39-37-27-22-20-25-35(37)31-32-36-26-21-23-28-38(36)39/h4-5,7-8,10-11,13-14,16-17,20-23,25-28,31-32,39H,3,6,9,12,15,18-19,24,29-30,33-34H2,1-2H3. The molecule has 1 aliphatic rings. The molecular weight excluding hydrogens is 526 g/mol. The van der Waals surface area contributed by atoms with Crippen LogP contribution in [0.2, 0.25) is 0 Å². The number of hydrogen-bond donors (Lipinski definition) is 0. The zero-order valence-corrected chi connectivity index (χ0v) is 26.4. The molecule has 0 saturated heterocycles. The molecule has 43 heavy (non-hydrogen) atoms. The van der Waals surface area contributed by atoms with E-state index in [9.17, 15) is 4.79 Å². The third kappa shape index (κ3) is 13.4. The van der Waals surface area contributed by atoms with E-state index in [-0.39, 0.29) is 5.97 Å². The molecule has 0 bridgehead atoms. The SMILES string of the molecule is CCC=CCC=CCC=CCC=CCC=CCCCC(=O)OCN(C)CCCC1c2ccccc2C=Cc2ccccc21. The third-order valence-electron chi connectivity index (χ3n) is 7.57. The van der Waals surface area contributed by atoms with Gasteiger partial charge in [0.15, 0.2) is 0 Å². The van der Waals surface area contributed by atoms with Gasteiger partial charge in [0.1, 0.15) is 6.73 Å². The number of unbranched alkanes of at least 4 members (excludes halogenated alkanes) is 1. The van der Waals surface area contributed by atoms with Crippen molar-refractivity contribution in [3.8, 4) is 0 Å². The highest BCUT2D eigenvalue weighted by molar-refractivity contribution is 5.76. The molecule has 2 aromatic carbocycles. The fourth-order valence-electron chi connectivity index (χ4n) is 5.24. The molecule has 0 N–H and O–H groups in total. The van der Waals surface area contributed by atoms with Crippen LogP contribution in [0, 0.1) is 0 Å². The van der Waals surface area contributed by atoms with Crippen molar-refractivity contribution in [2.75, 3.05) is 20.3 Å². The summed E-state index contributed by atoms with van der Waals surface area (Å²) >= 11 is 0. The van der Waals surface area contributed by atoms with Gasteiger partial charge >= 0.3 is 5.97 Å². The monoisotopic (exact) mass is 577 g/mol. The van der Waals surface area contributed by atoms with Crippen molar-refractivity contribution in [1.29, 1.82) is 0 Å². The maximum Gasteiger partial charge on any atom is 0.307 e. The summed E-state index contributed by atoms with van der Waals surface area (Å²) in [6.45, 7) is 3.39. The molecule has 3 nitrogen and oxygen atoms in total. The molecule has 228 valence electrons. The quantitative estimate of drug-likeness (QED) is 0.0720. The summed E-state index contributed by atoms with van der Waals surface area (Å²) in [6, 6.07) is 17.4. The first-order chi connectivity index (χ1) is 21.2. The topological polar surface area (TPSA) is 29.5 Å². The lowest BCUT2D eigenvalue weighted by Gasteiger charge is -2.22. The van der Waals surface area contributed by atoms with E-state index in [1.54, 1.807) is 0 Å². The van der Waals surface area contributed by atoms with Gasteiger partial charge in [-0.15, -0.1) is 0 Å².